The molecule has 0 bridgehead atoms. The average molecular weight is 323 g/mol. The molecule has 1 saturated heterocycles. The minimum atomic E-state index is -2.45. The Morgan fingerprint density at radius 1 is 1.05 bits per heavy atom. The SMILES string of the molecule is CC(C)O[Si](CCC1(C)COC1)(OC(C)C)c1ccccc1. The molecule has 1 aromatic rings. The summed E-state index contributed by atoms with van der Waals surface area (Å²) in [5.74, 6) is 0. The summed E-state index contributed by atoms with van der Waals surface area (Å²) < 4.78 is 18.4. The number of hydrogen-bond acceptors (Lipinski definition) is 3. The molecule has 0 aliphatic carbocycles. The summed E-state index contributed by atoms with van der Waals surface area (Å²) in [5.41, 5.74) is 0.285. The zero-order valence-electron chi connectivity index (χ0n) is 14.6. The molecule has 1 fully saturated rings. The van der Waals surface area contributed by atoms with Gasteiger partial charge in [-0.15, -0.1) is 0 Å². The Balaban J connectivity index is 2.26. The van der Waals surface area contributed by atoms with Crippen LogP contribution in [0.5, 0.6) is 0 Å². The molecular weight excluding hydrogens is 292 g/mol. The van der Waals surface area contributed by atoms with Crippen LogP contribution in [-0.2, 0) is 13.6 Å². The van der Waals surface area contributed by atoms with E-state index in [4.69, 9.17) is 13.6 Å². The molecule has 3 nitrogen and oxygen atoms in total. The Labute approximate surface area is 136 Å². The van der Waals surface area contributed by atoms with Gasteiger partial charge in [-0.3, -0.25) is 0 Å². The van der Waals surface area contributed by atoms with Crippen LogP contribution in [0.2, 0.25) is 6.04 Å². The van der Waals surface area contributed by atoms with Gasteiger partial charge in [0.25, 0.3) is 0 Å². The summed E-state index contributed by atoms with van der Waals surface area (Å²) in [4.78, 5) is 0. The van der Waals surface area contributed by atoms with Gasteiger partial charge >= 0.3 is 8.56 Å². The molecular formula is C18H30O3Si. The van der Waals surface area contributed by atoms with Crippen LogP contribution in [0.3, 0.4) is 0 Å². The third-order valence-corrected chi connectivity index (χ3v) is 7.85. The van der Waals surface area contributed by atoms with Crippen molar-refractivity contribution in [3.63, 3.8) is 0 Å². The van der Waals surface area contributed by atoms with Gasteiger partial charge in [-0.2, -0.15) is 0 Å². The van der Waals surface area contributed by atoms with E-state index >= 15 is 0 Å². The number of hydrogen-bond donors (Lipinski definition) is 0. The van der Waals surface area contributed by atoms with E-state index in [1.165, 1.54) is 5.19 Å². The maximum atomic E-state index is 6.47. The minimum Gasteiger partial charge on any atom is -0.388 e. The van der Waals surface area contributed by atoms with Gasteiger partial charge in [-0.25, -0.2) is 0 Å². The maximum absolute atomic E-state index is 6.47. The van der Waals surface area contributed by atoms with Gasteiger partial charge in [0.15, 0.2) is 0 Å². The molecule has 0 unspecified atom stereocenters. The highest BCUT2D eigenvalue weighted by molar-refractivity contribution is 6.81. The smallest absolute Gasteiger partial charge is 0.372 e. The van der Waals surface area contributed by atoms with Gasteiger partial charge in [0.2, 0.25) is 0 Å². The Hall–Kier alpha value is -0.683. The van der Waals surface area contributed by atoms with E-state index in [1.807, 2.05) is 0 Å². The summed E-state index contributed by atoms with van der Waals surface area (Å²) >= 11 is 0. The highest BCUT2D eigenvalue weighted by Gasteiger charge is 2.45. The number of rotatable bonds is 8. The van der Waals surface area contributed by atoms with Crippen molar-refractivity contribution in [3.05, 3.63) is 30.3 Å². The lowest BCUT2D eigenvalue weighted by Crippen LogP contribution is -2.57. The van der Waals surface area contributed by atoms with Crippen molar-refractivity contribution in [1.82, 2.24) is 0 Å². The lowest BCUT2D eigenvalue weighted by Gasteiger charge is -2.41. The lowest BCUT2D eigenvalue weighted by atomic mass is 9.86. The molecule has 1 aromatic carbocycles. The minimum absolute atomic E-state index is 0.163. The van der Waals surface area contributed by atoms with Crippen molar-refractivity contribution in [2.45, 2.75) is 59.3 Å². The fourth-order valence-electron chi connectivity index (χ4n) is 2.94. The summed E-state index contributed by atoms with van der Waals surface area (Å²) in [7, 11) is -2.45. The van der Waals surface area contributed by atoms with Gasteiger partial charge in [-0.05, 0) is 45.3 Å². The molecule has 1 aliphatic heterocycles. The highest BCUT2D eigenvalue weighted by Crippen LogP contribution is 2.35. The summed E-state index contributed by atoms with van der Waals surface area (Å²) in [6, 6.07) is 11.5. The third kappa shape index (κ3) is 4.41. The van der Waals surface area contributed by atoms with Crippen LogP contribution in [0, 0.1) is 5.41 Å². The van der Waals surface area contributed by atoms with E-state index in [0.29, 0.717) is 0 Å². The van der Waals surface area contributed by atoms with Crippen LogP contribution in [0.1, 0.15) is 41.0 Å². The topological polar surface area (TPSA) is 27.7 Å². The van der Waals surface area contributed by atoms with Gasteiger partial charge < -0.3 is 13.6 Å². The maximum Gasteiger partial charge on any atom is 0.372 e. The number of benzene rings is 1. The molecule has 4 heteroatoms. The van der Waals surface area contributed by atoms with Crippen LogP contribution < -0.4 is 5.19 Å². The van der Waals surface area contributed by atoms with E-state index in [1.54, 1.807) is 0 Å². The molecule has 0 spiro atoms. The van der Waals surface area contributed by atoms with Crippen molar-refractivity contribution in [1.29, 1.82) is 0 Å². The van der Waals surface area contributed by atoms with Crippen LogP contribution in [0.15, 0.2) is 30.3 Å². The fraction of sp³-hybridized carbons (Fsp3) is 0.667. The highest BCUT2D eigenvalue weighted by atomic mass is 28.4. The van der Waals surface area contributed by atoms with Crippen molar-refractivity contribution >= 4 is 13.7 Å². The molecule has 0 saturated carbocycles. The van der Waals surface area contributed by atoms with Gasteiger partial charge in [0, 0.05) is 17.6 Å². The molecule has 0 atom stereocenters. The number of ether oxygens (including phenoxy) is 1. The van der Waals surface area contributed by atoms with Crippen molar-refractivity contribution in [3.8, 4) is 0 Å². The van der Waals surface area contributed by atoms with Gasteiger partial charge in [0.1, 0.15) is 0 Å². The predicted molar refractivity (Wildman–Crippen MR) is 92.6 cm³/mol. The van der Waals surface area contributed by atoms with Crippen LogP contribution >= 0.6 is 0 Å². The molecule has 22 heavy (non-hydrogen) atoms. The summed E-state index contributed by atoms with van der Waals surface area (Å²) in [6.45, 7) is 12.4. The first-order valence-corrected chi connectivity index (χ1v) is 10.4. The Morgan fingerprint density at radius 2 is 1.59 bits per heavy atom. The Bertz CT molecular complexity index is 445. The van der Waals surface area contributed by atoms with E-state index in [-0.39, 0.29) is 17.6 Å². The fourth-order valence-corrected chi connectivity index (χ4v) is 6.95. The van der Waals surface area contributed by atoms with E-state index in [0.717, 1.165) is 25.7 Å². The zero-order chi connectivity index (χ0) is 16.2. The van der Waals surface area contributed by atoms with Crippen LogP contribution in [0.4, 0.5) is 0 Å². The molecule has 124 valence electrons. The van der Waals surface area contributed by atoms with E-state index < -0.39 is 8.56 Å². The summed E-state index contributed by atoms with van der Waals surface area (Å²) in [5, 5.41) is 1.24. The monoisotopic (exact) mass is 322 g/mol. The second-order valence-electron chi connectivity index (χ2n) is 7.26. The molecule has 1 heterocycles. The first-order chi connectivity index (χ1) is 10.4. The van der Waals surface area contributed by atoms with Crippen molar-refractivity contribution in [2.75, 3.05) is 13.2 Å². The van der Waals surface area contributed by atoms with E-state index in [9.17, 15) is 0 Å². The molecule has 0 radical (unpaired) electrons. The standard InChI is InChI=1S/C18H30O3Si/c1-15(2)20-22(21-16(3)4,17-9-7-6-8-10-17)12-11-18(5)13-19-14-18/h6-10,15-16H,11-14H2,1-5H3. The lowest BCUT2D eigenvalue weighted by molar-refractivity contribution is -0.104. The molecule has 2 rings (SSSR count). The van der Waals surface area contributed by atoms with Gasteiger partial charge in [0.05, 0.1) is 13.2 Å². The largest absolute Gasteiger partial charge is 0.388 e. The molecule has 0 aromatic heterocycles. The average Bonchev–Trinajstić information content (AvgIpc) is 2.42. The first kappa shape index (κ1) is 17.7. The zero-order valence-corrected chi connectivity index (χ0v) is 15.6. The van der Waals surface area contributed by atoms with Crippen molar-refractivity contribution < 1.29 is 13.6 Å². The Kier molecular flexibility index (Phi) is 5.83. The van der Waals surface area contributed by atoms with Crippen LogP contribution in [0.25, 0.3) is 0 Å². The van der Waals surface area contributed by atoms with Gasteiger partial charge in [-0.1, -0.05) is 37.3 Å². The predicted octanol–water partition coefficient (Wildman–Crippen LogP) is 3.61. The first-order valence-electron chi connectivity index (χ1n) is 8.34. The second-order valence-corrected chi connectivity index (χ2v) is 10.3. The quantitative estimate of drug-likeness (QED) is 0.684. The second kappa shape index (κ2) is 7.26. The van der Waals surface area contributed by atoms with E-state index in [2.05, 4.69) is 65.0 Å². The van der Waals surface area contributed by atoms with Crippen molar-refractivity contribution in [2.24, 2.45) is 5.41 Å². The Morgan fingerprint density at radius 3 is 2.00 bits per heavy atom. The summed E-state index contributed by atoms with van der Waals surface area (Å²) in [6.07, 6.45) is 1.42. The molecule has 0 N–H and O–H groups in total. The molecule has 0 amide bonds. The van der Waals surface area contributed by atoms with Crippen LogP contribution in [-0.4, -0.2) is 34.0 Å². The molecule has 1 aliphatic rings. The normalized spacial score (nSPS) is 17.8. The third-order valence-electron chi connectivity index (χ3n) is 4.02.